The van der Waals surface area contributed by atoms with Gasteiger partial charge >= 0.3 is 0 Å². The molecule has 0 aliphatic carbocycles. The molecule has 1 aromatic carbocycles. The Balaban J connectivity index is 1.63. The number of amides is 1. The summed E-state index contributed by atoms with van der Waals surface area (Å²) >= 11 is 1.90. The number of nitrogens with one attached hydrogen (secondary N) is 1. The molecule has 1 atom stereocenters. The third kappa shape index (κ3) is 4.05. The van der Waals surface area contributed by atoms with Crippen LogP contribution < -0.4 is 10.1 Å². The van der Waals surface area contributed by atoms with Gasteiger partial charge in [-0.2, -0.15) is 11.8 Å². The lowest BCUT2D eigenvalue weighted by Gasteiger charge is -2.11. The Labute approximate surface area is 140 Å². The first-order valence-electron chi connectivity index (χ1n) is 7.71. The Morgan fingerprint density at radius 3 is 2.78 bits per heavy atom. The van der Waals surface area contributed by atoms with Crippen LogP contribution in [-0.4, -0.2) is 28.5 Å². The zero-order chi connectivity index (χ0) is 16.2. The van der Waals surface area contributed by atoms with Gasteiger partial charge in [-0.1, -0.05) is 6.07 Å². The van der Waals surface area contributed by atoms with E-state index in [1.54, 1.807) is 18.3 Å². The van der Waals surface area contributed by atoms with Gasteiger partial charge in [-0.25, -0.2) is 4.98 Å². The lowest BCUT2D eigenvalue weighted by Crippen LogP contribution is -2.16. The number of benzene rings is 1. The molecule has 1 unspecified atom stereocenters. The number of ether oxygens (including phenoxy) is 1. The largest absolute Gasteiger partial charge is 0.473 e. The number of thioether (sulfide) groups is 1. The van der Waals surface area contributed by atoms with Gasteiger partial charge in [0.25, 0.3) is 5.91 Å². The highest BCUT2D eigenvalue weighted by Gasteiger charge is 2.17. The topological polar surface area (TPSA) is 51.2 Å². The average Bonchev–Trinajstić information content (AvgIpc) is 3.04. The van der Waals surface area contributed by atoms with E-state index < -0.39 is 0 Å². The van der Waals surface area contributed by atoms with Gasteiger partial charge in [0.05, 0.1) is 5.56 Å². The van der Waals surface area contributed by atoms with E-state index in [9.17, 15) is 4.79 Å². The van der Waals surface area contributed by atoms with Gasteiger partial charge in [-0.15, -0.1) is 0 Å². The highest BCUT2D eigenvalue weighted by atomic mass is 32.2. The van der Waals surface area contributed by atoms with Crippen LogP contribution in [0.15, 0.2) is 36.5 Å². The third-order valence-electron chi connectivity index (χ3n) is 3.94. The molecule has 0 spiro atoms. The fourth-order valence-corrected chi connectivity index (χ4v) is 3.48. The van der Waals surface area contributed by atoms with E-state index in [0.29, 0.717) is 11.4 Å². The molecule has 1 saturated heterocycles. The third-order valence-corrected chi connectivity index (χ3v) is 5.07. The molecule has 120 valence electrons. The number of pyridine rings is 1. The number of carbonyl (C=O) groups excluding carboxylic acids is 1. The van der Waals surface area contributed by atoms with E-state index in [1.165, 1.54) is 5.56 Å². The molecule has 0 bridgehead atoms. The Bertz CT molecular complexity index is 695. The van der Waals surface area contributed by atoms with Gasteiger partial charge < -0.3 is 10.1 Å². The van der Waals surface area contributed by atoms with Crippen molar-refractivity contribution in [2.24, 2.45) is 0 Å². The minimum Gasteiger partial charge on any atom is -0.473 e. The Hall–Kier alpha value is -2.01. The minimum absolute atomic E-state index is 0.163. The molecular formula is C18H20N2O2S. The molecule has 1 N–H and O–H groups in total. The summed E-state index contributed by atoms with van der Waals surface area (Å²) in [6.07, 6.45) is 2.86. The molecule has 2 aromatic rings. The molecule has 5 heteroatoms. The predicted molar refractivity (Wildman–Crippen MR) is 94.5 cm³/mol. The number of rotatable bonds is 4. The number of carbonyl (C=O) groups is 1. The van der Waals surface area contributed by atoms with Crippen LogP contribution in [0.2, 0.25) is 0 Å². The van der Waals surface area contributed by atoms with E-state index in [2.05, 4.69) is 10.3 Å². The molecule has 1 aromatic heterocycles. The summed E-state index contributed by atoms with van der Waals surface area (Å²) in [7, 11) is 0. The van der Waals surface area contributed by atoms with Crippen molar-refractivity contribution in [2.45, 2.75) is 26.4 Å². The van der Waals surface area contributed by atoms with E-state index in [1.807, 2.05) is 43.8 Å². The molecule has 4 nitrogen and oxygen atoms in total. The SMILES string of the molecule is Cc1ccc(NC(=O)c2ccc(OC3CCSC3)nc2)cc1C. The van der Waals surface area contributed by atoms with Crippen LogP contribution in [0, 0.1) is 13.8 Å². The summed E-state index contributed by atoms with van der Waals surface area (Å²) in [5.41, 5.74) is 3.67. The Kier molecular flexibility index (Phi) is 4.86. The van der Waals surface area contributed by atoms with E-state index in [4.69, 9.17) is 4.74 Å². The van der Waals surface area contributed by atoms with Crippen molar-refractivity contribution < 1.29 is 9.53 Å². The molecular weight excluding hydrogens is 308 g/mol. The molecule has 1 fully saturated rings. The van der Waals surface area contributed by atoms with Crippen molar-refractivity contribution in [1.29, 1.82) is 0 Å². The summed E-state index contributed by atoms with van der Waals surface area (Å²) in [5.74, 6) is 2.57. The lowest BCUT2D eigenvalue weighted by atomic mass is 10.1. The molecule has 0 radical (unpaired) electrons. The monoisotopic (exact) mass is 328 g/mol. The van der Waals surface area contributed by atoms with Crippen LogP contribution in [0.25, 0.3) is 0 Å². The van der Waals surface area contributed by atoms with Crippen LogP contribution in [0.1, 0.15) is 27.9 Å². The number of hydrogen-bond acceptors (Lipinski definition) is 4. The second-order valence-corrected chi connectivity index (χ2v) is 6.89. The van der Waals surface area contributed by atoms with E-state index in [-0.39, 0.29) is 12.0 Å². The zero-order valence-corrected chi connectivity index (χ0v) is 14.2. The van der Waals surface area contributed by atoms with E-state index >= 15 is 0 Å². The van der Waals surface area contributed by atoms with Gasteiger partial charge in [0.2, 0.25) is 5.88 Å². The fraction of sp³-hybridized carbons (Fsp3) is 0.333. The van der Waals surface area contributed by atoms with Gasteiger partial charge in [0.15, 0.2) is 0 Å². The number of nitrogens with zero attached hydrogens (tertiary/aromatic N) is 1. The van der Waals surface area contributed by atoms with Gasteiger partial charge in [0.1, 0.15) is 6.10 Å². The molecule has 2 heterocycles. The van der Waals surface area contributed by atoms with Gasteiger partial charge in [-0.3, -0.25) is 4.79 Å². The summed E-state index contributed by atoms with van der Waals surface area (Å²) in [6.45, 7) is 4.08. The predicted octanol–water partition coefficient (Wildman–Crippen LogP) is 3.84. The normalized spacial score (nSPS) is 17.0. The smallest absolute Gasteiger partial charge is 0.257 e. The summed E-state index contributed by atoms with van der Waals surface area (Å²) < 4.78 is 5.79. The molecule has 0 saturated carbocycles. The summed E-state index contributed by atoms with van der Waals surface area (Å²) in [6, 6.07) is 9.39. The van der Waals surface area contributed by atoms with Crippen molar-refractivity contribution in [3.8, 4) is 5.88 Å². The van der Waals surface area contributed by atoms with Crippen LogP contribution >= 0.6 is 11.8 Å². The zero-order valence-electron chi connectivity index (χ0n) is 13.3. The second-order valence-electron chi connectivity index (χ2n) is 5.74. The molecule has 23 heavy (non-hydrogen) atoms. The van der Waals surface area contributed by atoms with Crippen molar-refractivity contribution in [3.63, 3.8) is 0 Å². The van der Waals surface area contributed by atoms with Crippen molar-refractivity contribution in [3.05, 3.63) is 53.2 Å². The van der Waals surface area contributed by atoms with Crippen LogP contribution in [0.3, 0.4) is 0 Å². The quantitative estimate of drug-likeness (QED) is 0.926. The van der Waals surface area contributed by atoms with Gasteiger partial charge in [-0.05, 0) is 55.3 Å². The highest BCUT2D eigenvalue weighted by Crippen LogP contribution is 2.22. The molecule has 3 rings (SSSR count). The number of anilines is 1. The standard InChI is InChI=1S/C18H20N2O2S/c1-12-3-5-15(9-13(12)2)20-18(21)14-4-6-17(19-10-14)22-16-7-8-23-11-16/h3-6,9-10,16H,7-8,11H2,1-2H3,(H,20,21). The fourth-order valence-electron chi connectivity index (χ4n) is 2.38. The maximum absolute atomic E-state index is 12.3. The molecule has 1 amide bonds. The minimum atomic E-state index is -0.163. The Morgan fingerprint density at radius 2 is 2.13 bits per heavy atom. The molecule has 1 aliphatic rings. The van der Waals surface area contributed by atoms with Crippen molar-refractivity contribution in [1.82, 2.24) is 4.98 Å². The summed E-state index contributed by atoms with van der Waals surface area (Å²) in [5, 5.41) is 2.90. The average molecular weight is 328 g/mol. The molecule has 1 aliphatic heterocycles. The number of hydrogen-bond donors (Lipinski definition) is 1. The van der Waals surface area contributed by atoms with Crippen molar-refractivity contribution >= 4 is 23.4 Å². The summed E-state index contributed by atoms with van der Waals surface area (Å²) in [4.78, 5) is 16.5. The second kappa shape index (κ2) is 7.04. The maximum Gasteiger partial charge on any atom is 0.257 e. The van der Waals surface area contributed by atoms with Crippen LogP contribution in [0.5, 0.6) is 5.88 Å². The van der Waals surface area contributed by atoms with Crippen LogP contribution in [0.4, 0.5) is 5.69 Å². The number of aryl methyl sites for hydroxylation is 2. The van der Waals surface area contributed by atoms with Gasteiger partial charge in [0, 0.05) is 23.7 Å². The van der Waals surface area contributed by atoms with E-state index in [0.717, 1.165) is 29.2 Å². The number of aromatic nitrogens is 1. The first-order valence-corrected chi connectivity index (χ1v) is 8.86. The highest BCUT2D eigenvalue weighted by molar-refractivity contribution is 7.99. The lowest BCUT2D eigenvalue weighted by molar-refractivity contribution is 0.102. The first-order chi connectivity index (χ1) is 11.1. The first kappa shape index (κ1) is 15.9. The maximum atomic E-state index is 12.3. The Morgan fingerprint density at radius 1 is 1.26 bits per heavy atom. The van der Waals surface area contributed by atoms with Crippen LogP contribution in [-0.2, 0) is 0 Å². The van der Waals surface area contributed by atoms with Crippen molar-refractivity contribution in [2.75, 3.05) is 16.8 Å².